The van der Waals surface area contributed by atoms with Crippen LogP contribution >= 0.6 is 0 Å². The molecule has 1 aliphatic carbocycles. The van der Waals surface area contributed by atoms with Crippen LogP contribution < -0.4 is 10.6 Å². The van der Waals surface area contributed by atoms with E-state index in [1.807, 2.05) is 19.1 Å². The van der Waals surface area contributed by atoms with Crippen molar-refractivity contribution in [2.45, 2.75) is 44.8 Å². The first kappa shape index (κ1) is 15.5. The number of aliphatic hydroxyl groups is 1. The lowest BCUT2D eigenvalue weighted by molar-refractivity contribution is 0.0955. The van der Waals surface area contributed by atoms with E-state index in [1.165, 1.54) is 0 Å². The molecule has 1 saturated carbocycles. The molecule has 3 N–H and O–H groups in total. The molecule has 2 aromatic rings. The number of pyridine rings is 1. The predicted octanol–water partition coefficient (Wildman–Crippen LogP) is 2.00. The van der Waals surface area contributed by atoms with Crippen molar-refractivity contribution >= 4 is 11.8 Å². The molecule has 0 bridgehead atoms. The summed E-state index contributed by atoms with van der Waals surface area (Å²) in [5.74, 6) is 1.17. The highest BCUT2D eigenvalue weighted by Crippen LogP contribution is 2.19. The third-order valence-electron chi connectivity index (χ3n) is 4.05. The Hall–Kier alpha value is -2.41. The number of rotatable bonds is 3. The fourth-order valence-electron chi connectivity index (χ4n) is 2.82. The zero-order valence-corrected chi connectivity index (χ0v) is 13.1. The van der Waals surface area contributed by atoms with Gasteiger partial charge < -0.3 is 10.4 Å². The first-order valence-electron chi connectivity index (χ1n) is 7.86. The van der Waals surface area contributed by atoms with Gasteiger partial charge in [-0.25, -0.2) is 9.78 Å². The molecule has 0 unspecified atom stereocenters. The zero-order chi connectivity index (χ0) is 16.2. The van der Waals surface area contributed by atoms with Gasteiger partial charge in [0.05, 0.1) is 18.3 Å². The van der Waals surface area contributed by atoms with Gasteiger partial charge in [0.1, 0.15) is 5.82 Å². The van der Waals surface area contributed by atoms with Gasteiger partial charge in [-0.2, -0.15) is 9.78 Å². The second-order valence-electron chi connectivity index (χ2n) is 5.88. The second kappa shape index (κ2) is 6.78. The molecule has 0 saturated heterocycles. The lowest BCUT2D eigenvalue weighted by atomic mass is 9.93. The number of aromatic nitrogens is 3. The SMILES string of the molecule is Cc1ccnc(-n2nccc2NC(=O)N[C@@H]2CCCC[C@@H]2O)c1. The van der Waals surface area contributed by atoms with Gasteiger partial charge in [-0.15, -0.1) is 0 Å². The summed E-state index contributed by atoms with van der Waals surface area (Å²) in [6.07, 6.45) is 6.39. The topological polar surface area (TPSA) is 92.1 Å². The average Bonchev–Trinajstić information content (AvgIpc) is 2.97. The van der Waals surface area contributed by atoms with Crippen molar-refractivity contribution in [3.05, 3.63) is 36.2 Å². The molecule has 0 spiro atoms. The lowest BCUT2D eigenvalue weighted by Crippen LogP contribution is -2.46. The first-order chi connectivity index (χ1) is 11.1. The normalized spacial score (nSPS) is 21.0. The Labute approximate surface area is 134 Å². The monoisotopic (exact) mass is 315 g/mol. The molecule has 0 aromatic carbocycles. The summed E-state index contributed by atoms with van der Waals surface area (Å²) in [5, 5.41) is 19.8. The minimum absolute atomic E-state index is 0.197. The van der Waals surface area contributed by atoms with E-state index in [0.717, 1.165) is 31.2 Å². The van der Waals surface area contributed by atoms with E-state index in [0.29, 0.717) is 11.6 Å². The minimum atomic E-state index is -0.474. The molecule has 0 radical (unpaired) electrons. The maximum absolute atomic E-state index is 12.2. The van der Waals surface area contributed by atoms with Crippen LogP contribution in [0, 0.1) is 6.92 Å². The Morgan fingerprint density at radius 2 is 2.13 bits per heavy atom. The Morgan fingerprint density at radius 3 is 2.91 bits per heavy atom. The number of hydrogen-bond donors (Lipinski definition) is 3. The summed E-state index contributed by atoms with van der Waals surface area (Å²) in [7, 11) is 0. The maximum atomic E-state index is 12.2. The number of hydrogen-bond acceptors (Lipinski definition) is 4. The Bertz CT molecular complexity index is 685. The van der Waals surface area contributed by atoms with Crippen molar-refractivity contribution < 1.29 is 9.90 Å². The third-order valence-corrected chi connectivity index (χ3v) is 4.05. The Morgan fingerprint density at radius 1 is 1.30 bits per heavy atom. The summed E-state index contributed by atoms with van der Waals surface area (Å²) in [4.78, 5) is 16.4. The summed E-state index contributed by atoms with van der Waals surface area (Å²) in [5.41, 5.74) is 1.06. The number of aliphatic hydroxyl groups excluding tert-OH is 1. The highest BCUT2D eigenvalue weighted by atomic mass is 16.3. The molecule has 2 amide bonds. The lowest BCUT2D eigenvalue weighted by Gasteiger charge is -2.28. The second-order valence-corrected chi connectivity index (χ2v) is 5.88. The van der Waals surface area contributed by atoms with Crippen molar-refractivity contribution in [1.82, 2.24) is 20.1 Å². The number of urea groups is 1. The average molecular weight is 315 g/mol. The zero-order valence-electron chi connectivity index (χ0n) is 13.1. The van der Waals surface area contributed by atoms with E-state index in [4.69, 9.17) is 0 Å². The Balaban J connectivity index is 1.69. The summed E-state index contributed by atoms with van der Waals surface area (Å²) in [6.45, 7) is 1.97. The van der Waals surface area contributed by atoms with Gasteiger partial charge >= 0.3 is 6.03 Å². The van der Waals surface area contributed by atoms with Gasteiger partial charge in [-0.3, -0.25) is 5.32 Å². The van der Waals surface area contributed by atoms with Gasteiger partial charge in [0.2, 0.25) is 0 Å². The third kappa shape index (κ3) is 3.68. The molecule has 0 aliphatic heterocycles. The van der Waals surface area contributed by atoms with Crippen molar-refractivity contribution in [3.8, 4) is 5.82 Å². The van der Waals surface area contributed by atoms with Crippen LogP contribution in [0.3, 0.4) is 0 Å². The van der Waals surface area contributed by atoms with Crippen LogP contribution in [0.4, 0.5) is 10.6 Å². The van der Waals surface area contributed by atoms with E-state index in [-0.39, 0.29) is 12.1 Å². The van der Waals surface area contributed by atoms with E-state index in [2.05, 4.69) is 20.7 Å². The maximum Gasteiger partial charge on any atom is 0.320 e. The standard InChI is InChI=1S/C16H21N5O2/c1-11-6-8-17-15(10-11)21-14(7-9-18-21)20-16(23)19-12-4-2-3-5-13(12)22/h6-10,12-13,22H,2-5H2,1H3,(H2,19,20,23)/t12-,13+/m1/s1. The van der Waals surface area contributed by atoms with Crippen molar-refractivity contribution in [2.75, 3.05) is 5.32 Å². The van der Waals surface area contributed by atoms with Gasteiger partial charge in [-0.1, -0.05) is 12.8 Å². The summed E-state index contributed by atoms with van der Waals surface area (Å²) in [6, 6.07) is 4.96. The number of carbonyl (C=O) groups is 1. The number of nitrogens with zero attached hydrogens (tertiary/aromatic N) is 3. The van der Waals surface area contributed by atoms with E-state index in [9.17, 15) is 9.90 Å². The van der Waals surface area contributed by atoms with Crippen molar-refractivity contribution in [3.63, 3.8) is 0 Å². The molecule has 2 aromatic heterocycles. The molecular weight excluding hydrogens is 294 g/mol. The molecule has 2 atom stereocenters. The number of nitrogens with one attached hydrogen (secondary N) is 2. The van der Waals surface area contributed by atoms with Crippen LogP contribution in [0.2, 0.25) is 0 Å². The van der Waals surface area contributed by atoms with Gasteiger partial charge in [-0.05, 0) is 37.5 Å². The van der Waals surface area contributed by atoms with Crippen molar-refractivity contribution in [1.29, 1.82) is 0 Å². The van der Waals surface area contributed by atoms with Gasteiger partial charge in [0.15, 0.2) is 5.82 Å². The summed E-state index contributed by atoms with van der Waals surface area (Å²) >= 11 is 0. The largest absolute Gasteiger partial charge is 0.391 e. The van der Waals surface area contributed by atoms with Crippen LogP contribution in [0.25, 0.3) is 5.82 Å². The summed E-state index contributed by atoms with van der Waals surface area (Å²) < 4.78 is 1.57. The molecule has 2 heterocycles. The number of anilines is 1. The molecule has 3 rings (SSSR count). The molecule has 7 nitrogen and oxygen atoms in total. The van der Waals surface area contributed by atoms with E-state index in [1.54, 1.807) is 23.1 Å². The van der Waals surface area contributed by atoms with E-state index < -0.39 is 6.10 Å². The molecule has 7 heteroatoms. The quantitative estimate of drug-likeness (QED) is 0.808. The van der Waals surface area contributed by atoms with Crippen LogP contribution in [0.5, 0.6) is 0 Å². The van der Waals surface area contributed by atoms with Gasteiger partial charge in [0, 0.05) is 12.3 Å². The van der Waals surface area contributed by atoms with E-state index >= 15 is 0 Å². The smallest absolute Gasteiger partial charge is 0.320 e. The highest BCUT2D eigenvalue weighted by Gasteiger charge is 2.24. The molecule has 23 heavy (non-hydrogen) atoms. The highest BCUT2D eigenvalue weighted by molar-refractivity contribution is 5.88. The first-order valence-corrected chi connectivity index (χ1v) is 7.86. The fraction of sp³-hybridized carbons (Fsp3) is 0.438. The predicted molar refractivity (Wildman–Crippen MR) is 86.5 cm³/mol. The number of carbonyl (C=O) groups excluding carboxylic acids is 1. The van der Waals surface area contributed by atoms with Crippen LogP contribution in [0.1, 0.15) is 31.2 Å². The van der Waals surface area contributed by atoms with Crippen LogP contribution in [0.15, 0.2) is 30.6 Å². The molecule has 1 fully saturated rings. The molecule has 1 aliphatic rings. The fourth-order valence-corrected chi connectivity index (χ4v) is 2.82. The Kier molecular flexibility index (Phi) is 4.57. The van der Waals surface area contributed by atoms with Gasteiger partial charge in [0.25, 0.3) is 0 Å². The van der Waals surface area contributed by atoms with Crippen molar-refractivity contribution in [2.24, 2.45) is 0 Å². The minimum Gasteiger partial charge on any atom is -0.391 e. The van der Waals surface area contributed by atoms with Crippen LogP contribution in [-0.2, 0) is 0 Å². The number of amides is 2. The molecule has 122 valence electrons. The van der Waals surface area contributed by atoms with Crippen LogP contribution in [-0.4, -0.2) is 38.0 Å². The number of aryl methyl sites for hydroxylation is 1. The molecular formula is C16H21N5O2.